The van der Waals surface area contributed by atoms with Gasteiger partial charge in [-0.05, 0) is 29.6 Å². The van der Waals surface area contributed by atoms with E-state index in [2.05, 4.69) is 10.1 Å². The first-order valence-electron chi connectivity index (χ1n) is 7.53. The number of rotatable bonds is 6. The average molecular weight is 428 g/mol. The molecule has 0 saturated heterocycles. The fourth-order valence-electron chi connectivity index (χ4n) is 2.05. The van der Waals surface area contributed by atoms with Gasteiger partial charge in [-0.25, -0.2) is 17.5 Å². The molecule has 142 valence electrons. The van der Waals surface area contributed by atoms with Crippen LogP contribution < -0.4 is 0 Å². The number of halogens is 1. The molecule has 3 rings (SSSR count). The van der Waals surface area contributed by atoms with Crippen molar-refractivity contribution in [3.05, 3.63) is 51.4 Å². The first-order valence-corrected chi connectivity index (χ1v) is 10.3. The van der Waals surface area contributed by atoms with Gasteiger partial charge in [0.1, 0.15) is 4.90 Å². The molecule has 2 heterocycles. The molecule has 0 N–H and O–H groups in total. The Hall–Kier alpha value is -2.27. The minimum absolute atomic E-state index is 0.0128. The van der Waals surface area contributed by atoms with Crippen LogP contribution in [-0.4, -0.2) is 42.9 Å². The molecule has 27 heavy (non-hydrogen) atoms. The number of carbonyl (C=O) groups is 1. The predicted molar refractivity (Wildman–Crippen MR) is 99.1 cm³/mol. The topological polar surface area (TPSA) is 103 Å². The monoisotopic (exact) mass is 427 g/mol. The zero-order valence-electron chi connectivity index (χ0n) is 14.2. The van der Waals surface area contributed by atoms with Crippen LogP contribution in [0.25, 0.3) is 11.5 Å². The van der Waals surface area contributed by atoms with Crippen LogP contribution >= 0.6 is 22.9 Å². The number of benzene rings is 1. The summed E-state index contributed by atoms with van der Waals surface area (Å²) in [6, 6.07) is 5.71. The van der Waals surface area contributed by atoms with E-state index in [-0.39, 0.29) is 27.9 Å². The average Bonchev–Trinajstić information content (AvgIpc) is 3.31. The molecule has 0 saturated carbocycles. The zero-order valence-corrected chi connectivity index (χ0v) is 16.6. The number of carbonyl (C=O) groups excluding carboxylic acids is 1. The number of hydrogen-bond acceptors (Lipinski definition) is 8. The summed E-state index contributed by atoms with van der Waals surface area (Å²) >= 11 is 7.45. The van der Waals surface area contributed by atoms with Crippen LogP contribution in [0.4, 0.5) is 0 Å². The lowest BCUT2D eigenvalue weighted by molar-refractivity contribution is 0.0459. The molecule has 0 spiro atoms. The summed E-state index contributed by atoms with van der Waals surface area (Å²) in [6.45, 7) is -0.217. The van der Waals surface area contributed by atoms with E-state index < -0.39 is 16.0 Å². The third-order valence-corrected chi connectivity index (χ3v) is 6.47. The van der Waals surface area contributed by atoms with Crippen molar-refractivity contribution in [3.8, 4) is 11.5 Å². The summed E-state index contributed by atoms with van der Waals surface area (Å²) in [4.78, 5) is 16.2. The standard InChI is InChI=1S/C16H14ClN3O5S2/c1-20(2)27(22,23)13-7-10(3-4-12(13)17)16(21)24-8-14-18-15(25-19-14)11-5-6-26-9-11/h3-7,9H,8H2,1-2H3. The van der Waals surface area contributed by atoms with Gasteiger partial charge in [-0.15, -0.1) is 0 Å². The van der Waals surface area contributed by atoms with Gasteiger partial charge in [-0.3, -0.25) is 0 Å². The van der Waals surface area contributed by atoms with E-state index >= 15 is 0 Å². The summed E-state index contributed by atoms with van der Waals surface area (Å²) in [7, 11) is -1.05. The number of sulfonamides is 1. The highest BCUT2D eigenvalue weighted by Crippen LogP contribution is 2.25. The number of hydrogen-bond donors (Lipinski definition) is 0. The number of nitrogens with zero attached hydrogens (tertiary/aromatic N) is 3. The predicted octanol–water partition coefficient (Wildman–Crippen LogP) is 3.06. The van der Waals surface area contributed by atoms with E-state index in [1.54, 1.807) is 0 Å². The number of ether oxygens (including phenoxy) is 1. The van der Waals surface area contributed by atoms with E-state index in [1.165, 1.54) is 43.6 Å². The Balaban J connectivity index is 1.73. The van der Waals surface area contributed by atoms with E-state index in [0.717, 1.165) is 9.87 Å². The van der Waals surface area contributed by atoms with Crippen molar-refractivity contribution in [2.75, 3.05) is 14.1 Å². The maximum atomic E-state index is 12.3. The van der Waals surface area contributed by atoms with E-state index in [4.69, 9.17) is 20.9 Å². The Bertz CT molecular complexity index is 1060. The SMILES string of the molecule is CN(C)S(=O)(=O)c1cc(C(=O)OCc2noc(-c3ccsc3)n2)ccc1Cl. The second-order valence-electron chi connectivity index (χ2n) is 5.54. The van der Waals surface area contributed by atoms with E-state index in [1.807, 2.05) is 16.8 Å². The fraction of sp³-hybridized carbons (Fsp3) is 0.188. The molecule has 0 aliphatic carbocycles. The van der Waals surface area contributed by atoms with Crippen molar-refractivity contribution in [1.29, 1.82) is 0 Å². The summed E-state index contributed by atoms with van der Waals surface area (Å²) < 4.78 is 35.8. The second-order valence-corrected chi connectivity index (χ2v) is 8.84. The van der Waals surface area contributed by atoms with E-state index in [0.29, 0.717) is 5.89 Å². The summed E-state index contributed by atoms with van der Waals surface area (Å²) in [6.07, 6.45) is 0. The van der Waals surface area contributed by atoms with Crippen molar-refractivity contribution in [3.63, 3.8) is 0 Å². The Morgan fingerprint density at radius 2 is 2.11 bits per heavy atom. The molecule has 0 bridgehead atoms. The quantitative estimate of drug-likeness (QED) is 0.557. The van der Waals surface area contributed by atoms with Gasteiger partial charge in [0.2, 0.25) is 15.8 Å². The fourth-order valence-corrected chi connectivity index (χ4v) is 4.08. The van der Waals surface area contributed by atoms with Crippen molar-refractivity contribution >= 4 is 38.9 Å². The van der Waals surface area contributed by atoms with Crippen molar-refractivity contribution in [2.45, 2.75) is 11.5 Å². The first-order chi connectivity index (χ1) is 12.8. The van der Waals surface area contributed by atoms with Gasteiger partial charge in [-0.1, -0.05) is 16.8 Å². The molecule has 3 aromatic rings. The first kappa shape index (κ1) is 19.5. The third-order valence-electron chi connectivity index (χ3n) is 3.49. The smallest absolute Gasteiger partial charge is 0.338 e. The van der Waals surface area contributed by atoms with Crippen LogP contribution in [-0.2, 0) is 21.4 Å². The molecule has 0 amide bonds. The van der Waals surface area contributed by atoms with Gasteiger partial charge >= 0.3 is 5.97 Å². The van der Waals surface area contributed by atoms with Crippen molar-refractivity contribution in [2.24, 2.45) is 0 Å². The van der Waals surface area contributed by atoms with Crippen LogP contribution in [0.15, 0.2) is 44.4 Å². The molecule has 0 aliphatic heterocycles. The van der Waals surface area contributed by atoms with Gasteiger partial charge in [0.25, 0.3) is 5.89 Å². The van der Waals surface area contributed by atoms with Crippen molar-refractivity contribution in [1.82, 2.24) is 14.4 Å². The maximum Gasteiger partial charge on any atom is 0.338 e. The van der Waals surface area contributed by atoms with Crippen LogP contribution in [0.3, 0.4) is 0 Å². The molecule has 0 unspecified atom stereocenters. The Morgan fingerprint density at radius 3 is 2.78 bits per heavy atom. The Kier molecular flexibility index (Phi) is 5.61. The lowest BCUT2D eigenvalue weighted by atomic mass is 10.2. The minimum Gasteiger partial charge on any atom is -0.454 e. The summed E-state index contributed by atoms with van der Waals surface area (Å²) in [5.74, 6) is -0.212. The number of esters is 1. The molecule has 2 aromatic heterocycles. The van der Waals surface area contributed by atoms with Gasteiger partial charge in [0, 0.05) is 19.5 Å². The molecular formula is C16H14ClN3O5S2. The normalized spacial score (nSPS) is 11.7. The van der Waals surface area contributed by atoms with Gasteiger partial charge in [0.05, 0.1) is 16.1 Å². The summed E-state index contributed by atoms with van der Waals surface area (Å²) in [5, 5.41) is 7.49. The number of thiophene rings is 1. The van der Waals surface area contributed by atoms with Gasteiger partial charge in [0.15, 0.2) is 6.61 Å². The van der Waals surface area contributed by atoms with Crippen LogP contribution in [0, 0.1) is 0 Å². The molecule has 8 nitrogen and oxygen atoms in total. The molecule has 0 atom stereocenters. The second kappa shape index (κ2) is 7.77. The lowest BCUT2D eigenvalue weighted by Crippen LogP contribution is -2.23. The highest BCUT2D eigenvalue weighted by molar-refractivity contribution is 7.89. The maximum absolute atomic E-state index is 12.3. The Labute approximate surface area is 164 Å². The highest BCUT2D eigenvalue weighted by Gasteiger charge is 2.23. The van der Waals surface area contributed by atoms with Gasteiger partial charge in [-0.2, -0.15) is 16.3 Å². The molecule has 11 heteroatoms. The molecule has 0 fully saturated rings. The third kappa shape index (κ3) is 4.19. The lowest BCUT2D eigenvalue weighted by Gasteiger charge is -2.13. The highest BCUT2D eigenvalue weighted by atomic mass is 35.5. The Morgan fingerprint density at radius 1 is 1.33 bits per heavy atom. The van der Waals surface area contributed by atoms with Gasteiger partial charge < -0.3 is 9.26 Å². The number of aromatic nitrogens is 2. The van der Waals surface area contributed by atoms with E-state index in [9.17, 15) is 13.2 Å². The largest absolute Gasteiger partial charge is 0.454 e. The molecule has 0 aliphatic rings. The van der Waals surface area contributed by atoms with Crippen molar-refractivity contribution < 1.29 is 22.5 Å². The zero-order chi connectivity index (χ0) is 19.6. The molecular weight excluding hydrogens is 414 g/mol. The minimum atomic E-state index is -3.80. The van der Waals surface area contributed by atoms with Crippen LogP contribution in [0.1, 0.15) is 16.2 Å². The van der Waals surface area contributed by atoms with Crippen LogP contribution in [0.2, 0.25) is 5.02 Å². The molecule has 1 aromatic carbocycles. The van der Waals surface area contributed by atoms with Crippen LogP contribution in [0.5, 0.6) is 0 Å². The summed E-state index contributed by atoms with van der Waals surface area (Å²) in [5.41, 5.74) is 0.822. The molecule has 0 radical (unpaired) electrons.